The highest BCUT2D eigenvalue weighted by molar-refractivity contribution is 5.88. The quantitative estimate of drug-likeness (QED) is 0.603. The van der Waals surface area contributed by atoms with E-state index >= 15 is 0 Å². The van der Waals surface area contributed by atoms with Gasteiger partial charge in [0.05, 0.1) is 0 Å². The maximum absolute atomic E-state index is 13.0. The van der Waals surface area contributed by atoms with Crippen LogP contribution in [0, 0.1) is 5.92 Å². The number of hydrogen-bond acceptors (Lipinski definition) is 4. The molecule has 0 aliphatic heterocycles. The second kappa shape index (κ2) is 10.7. The molecule has 1 fully saturated rings. The first-order valence-electron chi connectivity index (χ1n) is 12.0. The fraction of sp³-hybridized carbons (Fsp3) is 0.444. The van der Waals surface area contributed by atoms with E-state index in [-0.39, 0.29) is 12.5 Å². The zero-order valence-electron chi connectivity index (χ0n) is 19.5. The lowest BCUT2D eigenvalue weighted by atomic mass is 9.84. The summed E-state index contributed by atoms with van der Waals surface area (Å²) in [4.78, 5) is 38.0. The number of aliphatic carboxylic acids is 1. The Bertz CT molecular complexity index is 1000. The Balaban J connectivity index is 1.43. The van der Waals surface area contributed by atoms with Crippen LogP contribution in [-0.4, -0.2) is 54.2 Å². The van der Waals surface area contributed by atoms with Crippen LogP contribution in [0.1, 0.15) is 55.6 Å². The number of nitrogens with one attached hydrogen (secondary N) is 1. The minimum atomic E-state index is -1.09. The second-order valence-electron chi connectivity index (χ2n) is 9.35. The molecule has 0 heterocycles. The molecule has 0 aromatic heterocycles. The van der Waals surface area contributed by atoms with Gasteiger partial charge < -0.3 is 20.1 Å². The maximum atomic E-state index is 13.0. The Morgan fingerprint density at radius 2 is 1.59 bits per heavy atom. The lowest BCUT2D eigenvalue weighted by molar-refractivity contribution is -0.144. The van der Waals surface area contributed by atoms with Crippen LogP contribution in [0.15, 0.2) is 48.5 Å². The third-order valence-electron chi connectivity index (χ3n) is 6.98. The molecule has 2 N–H and O–H groups in total. The van der Waals surface area contributed by atoms with Gasteiger partial charge in [-0.15, -0.1) is 0 Å². The number of carboxylic acids is 1. The molecule has 7 heteroatoms. The van der Waals surface area contributed by atoms with Gasteiger partial charge in [0, 0.05) is 13.0 Å². The Kier molecular flexibility index (Phi) is 7.50. The molecule has 7 nitrogen and oxygen atoms in total. The predicted molar refractivity (Wildman–Crippen MR) is 128 cm³/mol. The van der Waals surface area contributed by atoms with Crippen molar-refractivity contribution >= 4 is 18.0 Å². The van der Waals surface area contributed by atoms with Crippen LogP contribution in [0.5, 0.6) is 0 Å². The summed E-state index contributed by atoms with van der Waals surface area (Å²) in [6.07, 6.45) is 5.28. The molecule has 2 aliphatic rings. The molecular weight excluding hydrogens is 432 g/mol. The Hall–Kier alpha value is -3.35. The summed E-state index contributed by atoms with van der Waals surface area (Å²) < 4.78 is 5.63. The van der Waals surface area contributed by atoms with E-state index in [2.05, 4.69) is 29.6 Å². The summed E-state index contributed by atoms with van der Waals surface area (Å²) in [5.41, 5.74) is 4.53. The molecular formula is C27H32N2O5. The molecule has 2 aromatic rings. The van der Waals surface area contributed by atoms with E-state index in [0.717, 1.165) is 52.8 Å². The van der Waals surface area contributed by atoms with Crippen LogP contribution in [-0.2, 0) is 14.3 Å². The SMILES string of the molecule is CN(CC(=O)O)C(=O)C(CC1CCCCC1)NC(=O)OCC1c2ccccc2-c2ccccc21. The third kappa shape index (κ3) is 5.41. The summed E-state index contributed by atoms with van der Waals surface area (Å²) in [5, 5.41) is 11.8. The van der Waals surface area contributed by atoms with Gasteiger partial charge in [-0.05, 0) is 34.6 Å². The number of carbonyl (C=O) groups is 3. The van der Waals surface area contributed by atoms with Crippen molar-refractivity contribution in [3.63, 3.8) is 0 Å². The van der Waals surface area contributed by atoms with Crippen LogP contribution in [0.3, 0.4) is 0 Å². The average molecular weight is 465 g/mol. The molecule has 1 unspecified atom stereocenters. The monoisotopic (exact) mass is 464 g/mol. The van der Waals surface area contributed by atoms with E-state index in [4.69, 9.17) is 9.84 Å². The van der Waals surface area contributed by atoms with Crippen LogP contribution in [0.2, 0.25) is 0 Å². The average Bonchev–Trinajstić information content (AvgIpc) is 3.16. The molecule has 2 amide bonds. The van der Waals surface area contributed by atoms with Crippen LogP contribution in [0.25, 0.3) is 11.1 Å². The fourth-order valence-corrected chi connectivity index (χ4v) is 5.31. The summed E-state index contributed by atoms with van der Waals surface area (Å²) >= 11 is 0. The first-order chi connectivity index (χ1) is 16.4. The van der Waals surface area contributed by atoms with Gasteiger partial charge in [0.25, 0.3) is 0 Å². The minimum Gasteiger partial charge on any atom is -0.480 e. The largest absolute Gasteiger partial charge is 0.480 e. The molecule has 0 bridgehead atoms. The minimum absolute atomic E-state index is 0.0691. The van der Waals surface area contributed by atoms with Crippen molar-refractivity contribution in [3.8, 4) is 11.1 Å². The number of fused-ring (bicyclic) bond motifs is 3. The van der Waals surface area contributed by atoms with Crippen molar-refractivity contribution in [2.24, 2.45) is 5.92 Å². The van der Waals surface area contributed by atoms with Crippen LogP contribution in [0.4, 0.5) is 4.79 Å². The maximum Gasteiger partial charge on any atom is 0.407 e. The van der Waals surface area contributed by atoms with Gasteiger partial charge in [0.2, 0.25) is 5.91 Å². The smallest absolute Gasteiger partial charge is 0.407 e. The standard InChI is InChI=1S/C27H32N2O5/c1-29(16-25(30)31)26(32)24(15-18-9-3-2-4-10-18)28-27(33)34-17-23-21-13-7-5-11-19(21)20-12-6-8-14-22(20)23/h5-8,11-14,18,23-24H,2-4,9-10,15-17H2,1H3,(H,28,33)(H,30,31). The molecule has 4 rings (SSSR count). The first kappa shape index (κ1) is 23.8. The summed E-state index contributed by atoms with van der Waals surface area (Å²) in [7, 11) is 1.45. The molecule has 2 aromatic carbocycles. The van der Waals surface area contributed by atoms with Crippen LogP contribution < -0.4 is 5.32 Å². The van der Waals surface area contributed by atoms with E-state index in [0.29, 0.717) is 12.3 Å². The van der Waals surface area contributed by atoms with E-state index < -0.39 is 30.6 Å². The predicted octanol–water partition coefficient (Wildman–Crippen LogP) is 4.41. The fourth-order valence-electron chi connectivity index (χ4n) is 5.31. The third-order valence-corrected chi connectivity index (χ3v) is 6.98. The Labute approximate surface area is 200 Å². The second-order valence-corrected chi connectivity index (χ2v) is 9.35. The number of ether oxygens (including phenoxy) is 1. The van der Waals surface area contributed by atoms with Gasteiger partial charge >= 0.3 is 12.1 Å². The molecule has 0 saturated heterocycles. The number of likely N-dealkylation sites (N-methyl/N-ethyl adjacent to an activating group) is 1. The lowest BCUT2D eigenvalue weighted by Crippen LogP contribution is -2.49. The number of carboxylic acid groups (broad SMARTS) is 1. The zero-order chi connectivity index (χ0) is 24.1. The molecule has 0 spiro atoms. The Morgan fingerprint density at radius 3 is 2.18 bits per heavy atom. The van der Waals surface area contributed by atoms with Crippen LogP contribution >= 0.6 is 0 Å². The Morgan fingerprint density at radius 1 is 1.00 bits per heavy atom. The molecule has 2 aliphatic carbocycles. The molecule has 1 saturated carbocycles. The van der Waals surface area contributed by atoms with E-state index in [1.54, 1.807) is 0 Å². The first-order valence-corrected chi connectivity index (χ1v) is 12.0. The van der Waals surface area contributed by atoms with Gasteiger partial charge in [0.1, 0.15) is 19.2 Å². The van der Waals surface area contributed by atoms with Gasteiger partial charge in [-0.2, -0.15) is 0 Å². The highest BCUT2D eigenvalue weighted by Crippen LogP contribution is 2.44. The topological polar surface area (TPSA) is 95.9 Å². The number of nitrogens with zero attached hydrogens (tertiary/aromatic N) is 1. The van der Waals surface area contributed by atoms with Crippen molar-refractivity contribution in [1.82, 2.24) is 10.2 Å². The normalized spacial score (nSPS) is 16.3. The molecule has 1 atom stereocenters. The number of hydrogen-bond donors (Lipinski definition) is 2. The summed E-state index contributed by atoms with van der Waals surface area (Å²) in [5.74, 6) is -1.23. The highest BCUT2D eigenvalue weighted by Gasteiger charge is 2.31. The molecule has 180 valence electrons. The van der Waals surface area contributed by atoms with Crippen molar-refractivity contribution < 1.29 is 24.2 Å². The number of amides is 2. The van der Waals surface area contributed by atoms with Crippen molar-refractivity contribution in [2.75, 3.05) is 20.2 Å². The van der Waals surface area contributed by atoms with E-state index in [1.165, 1.54) is 13.5 Å². The van der Waals surface area contributed by atoms with Crippen molar-refractivity contribution in [1.29, 1.82) is 0 Å². The number of carbonyl (C=O) groups excluding carboxylic acids is 2. The highest BCUT2D eigenvalue weighted by atomic mass is 16.5. The van der Waals surface area contributed by atoms with Crippen molar-refractivity contribution in [2.45, 2.75) is 50.5 Å². The molecule has 0 radical (unpaired) electrons. The van der Waals surface area contributed by atoms with Gasteiger partial charge in [-0.1, -0.05) is 80.6 Å². The number of alkyl carbamates (subject to hydrolysis) is 1. The summed E-state index contributed by atoms with van der Waals surface area (Å²) in [6, 6.07) is 15.4. The van der Waals surface area contributed by atoms with Crippen molar-refractivity contribution in [3.05, 3.63) is 59.7 Å². The zero-order valence-corrected chi connectivity index (χ0v) is 19.5. The molecule has 34 heavy (non-hydrogen) atoms. The van der Waals surface area contributed by atoms with Gasteiger partial charge in [0.15, 0.2) is 0 Å². The van der Waals surface area contributed by atoms with Gasteiger partial charge in [-0.3, -0.25) is 9.59 Å². The number of benzene rings is 2. The van der Waals surface area contributed by atoms with Gasteiger partial charge in [-0.25, -0.2) is 4.79 Å². The lowest BCUT2D eigenvalue weighted by Gasteiger charge is -2.28. The van der Waals surface area contributed by atoms with E-state index in [9.17, 15) is 14.4 Å². The van der Waals surface area contributed by atoms with E-state index in [1.807, 2.05) is 24.3 Å². The summed E-state index contributed by atoms with van der Waals surface area (Å²) in [6.45, 7) is -0.248. The number of rotatable bonds is 8.